The van der Waals surface area contributed by atoms with Crippen molar-refractivity contribution in [1.29, 1.82) is 0 Å². The molecular formula is C13H28N2. The summed E-state index contributed by atoms with van der Waals surface area (Å²) in [5.74, 6) is 0. The van der Waals surface area contributed by atoms with Crippen LogP contribution in [0.25, 0.3) is 0 Å². The van der Waals surface area contributed by atoms with Gasteiger partial charge in [-0.1, -0.05) is 26.2 Å². The van der Waals surface area contributed by atoms with Crippen molar-refractivity contribution < 1.29 is 0 Å². The van der Waals surface area contributed by atoms with Gasteiger partial charge in [-0.15, -0.1) is 0 Å². The lowest BCUT2D eigenvalue weighted by atomic mass is 9.73. The SMILES string of the molecule is CCN(CC1(CN)CCCCC1)C(C)C. The fraction of sp³-hybridized carbons (Fsp3) is 1.00. The molecule has 0 heterocycles. The lowest BCUT2D eigenvalue weighted by Gasteiger charge is -2.41. The van der Waals surface area contributed by atoms with Crippen molar-refractivity contribution in [2.24, 2.45) is 11.1 Å². The van der Waals surface area contributed by atoms with Crippen LogP contribution in [0.3, 0.4) is 0 Å². The van der Waals surface area contributed by atoms with Gasteiger partial charge >= 0.3 is 0 Å². The van der Waals surface area contributed by atoms with Gasteiger partial charge in [-0.25, -0.2) is 0 Å². The zero-order valence-corrected chi connectivity index (χ0v) is 10.8. The van der Waals surface area contributed by atoms with E-state index in [1.807, 2.05) is 0 Å². The van der Waals surface area contributed by atoms with Gasteiger partial charge in [-0.3, -0.25) is 0 Å². The van der Waals surface area contributed by atoms with Gasteiger partial charge in [0.15, 0.2) is 0 Å². The van der Waals surface area contributed by atoms with Crippen molar-refractivity contribution in [1.82, 2.24) is 4.90 Å². The third-order valence-corrected chi connectivity index (χ3v) is 4.02. The monoisotopic (exact) mass is 212 g/mol. The Balaban J connectivity index is 2.57. The Morgan fingerprint density at radius 1 is 1.20 bits per heavy atom. The number of rotatable bonds is 5. The van der Waals surface area contributed by atoms with Gasteiger partial charge in [0.2, 0.25) is 0 Å². The molecule has 0 aliphatic heterocycles. The maximum Gasteiger partial charge on any atom is 0.00526 e. The van der Waals surface area contributed by atoms with Gasteiger partial charge in [0.05, 0.1) is 0 Å². The zero-order chi connectivity index (χ0) is 11.3. The van der Waals surface area contributed by atoms with Crippen LogP contribution in [0.4, 0.5) is 0 Å². The lowest BCUT2D eigenvalue weighted by molar-refractivity contribution is 0.0951. The van der Waals surface area contributed by atoms with Crippen LogP contribution in [0, 0.1) is 5.41 Å². The van der Waals surface area contributed by atoms with E-state index in [1.165, 1.54) is 38.6 Å². The summed E-state index contributed by atoms with van der Waals surface area (Å²) in [5.41, 5.74) is 6.44. The van der Waals surface area contributed by atoms with E-state index in [1.54, 1.807) is 0 Å². The average molecular weight is 212 g/mol. The summed E-state index contributed by atoms with van der Waals surface area (Å²) < 4.78 is 0. The molecule has 15 heavy (non-hydrogen) atoms. The van der Waals surface area contributed by atoms with Crippen molar-refractivity contribution in [2.75, 3.05) is 19.6 Å². The lowest BCUT2D eigenvalue weighted by Crippen LogP contribution is -2.46. The molecule has 0 bridgehead atoms. The molecule has 0 atom stereocenters. The van der Waals surface area contributed by atoms with Crippen LogP contribution in [0.5, 0.6) is 0 Å². The average Bonchev–Trinajstić information content (AvgIpc) is 2.27. The molecule has 0 spiro atoms. The largest absolute Gasteiger partial charge is 0.330 e. The van der Waals surface area contributed by atoms with Crippen molar-refractivity contribution >= 4 is 0 Å². The van der Waals surface area contributed by atoms with Crippen LogP contribution in [0.2, 0.25) is 0 Å². The number of nitrogens with two attached hydrogens (primary N) is 1. The molecule has 0 radical (unpaired) electrons. The van der Waals surface area contributed by atoms with E-state index in [0.717, 1.165) is 13.1 Å². The van der Waals surface area contributed by atoms with Crippen LogP contribution in [0.1, 0.15) is 52.9 Å². The fourth-order valence-corrected chi connectivity index (χ4v) is 2.82. The first-order chi connectivity index (χ1) is 7.13. The zero-order valence-electron chi connectivity index (χ0n) is 10.8. The third-order valence-electron chi connectivity index (χ3n) is 4.02. The minimum atomic E-state index is 0.429. The van der Waals surface area contributed by atoms with Crippen molar-refractivity contribution in [3.8, 4) is 0 Å². The van der Waals surface area contributed by atoms with E-state index in [2.05, 4.69) is 25.7 Å². The third kappa shape index (κ3) is 3.46. The second-order valence-corrected chi connectivity index (χ2v) is 5.42. The molecule has 0 unspecified atom stereocenters. The van der Waals surface area contributed by atoms with Crippen molar-refractivity contribution in [3.05, 3.63) is 0 Å². The van der Waals surface area contributed by atoms with E-state index in [4.69, 9.17) is 5.73 Å². The summed E-state index contributed by atoms with van der Waals surface area (Å²) in [6, 6.07) is 0.653. The second kappa shape index (κ2) is 5.86. The number of hydrogen-bond donors (Lipinski definition) is 1. The molecule has 0 aromatic rings. The topological polar surface area (TPSA) is 29.3 Å². The van der Waals surface area contributed by atoms with Crippen molar-refractivity contribution in [2.45, 2.75) is 58.9 Å². The molecule has 1 saturated carbocycles. The Hall–Kier alpha value is -0.0800. The minimum absolute atomic E-state index is 0.429. The molecule has 90 valence electrons. The molecule has 0 aromatic heterocycles. The van der Waals surface area contributed by atoms with Gasteiger partial charge in [0.1, 0.15) is 0 Å². The highest BCUT2D eigenvalue weighted by Gasteiger charge is 2.32. The first kappa shape index (κ1) is 13.0. The molecule has 0 aromatic carbocycles. The minimum Gasteiger partial charge on any atom is -0.330 e. The van der Waals surface area contributed by atoms with Crippen molar-refractivity contribution in [3.63, 3.8) is 0 Å². The van der Waals surface area contributed by atoms with E-state index in [-0.39, 0.29) is 0 Å². The second-order valence-electron chi connectivity index (χ2n) is 5.42. The summed E-state index contributed by atoms with van der Waals surface area (Å²) in [7, 11) is 0. The Morgan fingerprint density at radius 2 is 1.80 bits per heavy atom. The van der Waals surface area contributed by atoms with Gasteiger partial charge in [-0.05, 0) is 45.2 Å². The summed E-state index contributed by atoms with van der Waals surface area (Å²) >= 11 is 0. The molecule has 0 saturated heterocycles. The van der Waals surface area contributed by atoms with Gasteiger partial charge < -0.3 is 10.6 Å². The Kier molecular flexibility index (Phi) is 5.07. The molecule has 1 rings (SSSR count). The summed E-state index contributed by atoms with van der Waals surface area (Å²) in [4.78, 5) is 2.57. The molecule has 2 heteroatoms. The molecule has 1 aliphatic rings. The quantitative estimate of drug-likeness (QED) is 0.759. The highest BCUT2D eigenvalue weighted by atomic mass is 15.1. The summed E-state index contributed by atoms with van der Waals surface area (Å²) in [5, 5.41) is 0. The van der Waals surface area contributed by atoms with Crippen LogP contribution in [-0.2, 0) is 0 Å². The predicted octanol–water partition coefficient (Wildman–Crippen LogP) is 2.63. The maximum atomic E-state index is 6.01. The van der Waals surface area contributed by atoms with Gasteiger partial charge in [0, 0.05) is 12.6 Å². The molecule has 2 nitrogen and oxygen atoms in total. The summed E-state index contributed by atoms with van der Waals surface area (Å²) in [6.45, 7) is 10.1. The highest BCUT2D eigenvalue weighted by Crippen LogP contribution is 2.36. The van der Waals surface area contributed by atoms with E-state index in [9.17, 15) is 0 Å². The predicted molar refractivity (Wildman–Crippen MR) is 67.0 cm³/mol. The molecule has 2 N–H and O–H groups in total. The van der Waals surface area contributed by atoms with E-state index in [0.29, 0.717) is 11.5 Å². The van der Waals surface area contributed by atoms with Crippen LogP contribution in [-0.4, -0.2) is 30.6 Å². The van der Waals surface area contributed by atoms with Crippen LogP contribution < -0.4 is 5.73 Å². The Bertz CT molecular complexity index is 171. The van der Waals surface area contributed by atoms with E-state index >= 15 is 0 Å². The number of hydrogen-bond acceptors (Lipinski definition) is 2. The van der Waals surface area contributed by atoms with Gasteiger partial charge in [-0.2, -0.15) is 0 Å². The molecule has 0 amide bonds. The van der Waals surface area contributed by atoms with Gasteiger partial charge in [0.25, 0.3) is 0 Å². The first-order valence-electron chi connectivity index (χ1n) is 6.57. The molecule has 1 aliphatic carbocycles. The highest BCUT2D eigenvalue weighted by molar-refractivity contribution is 4.87. The van der Waals surface area contributed by atoms with Crippen LogP contribution >= 0.6 is 0 Å². The Morgan fingerprint density at radius 3 is 2.20 bits per heavy atom. The molecular weight excluding hydrogens is 184 g/mol. The Labute approximate surface area is 95.2 Å². The first-order valence-corrected chi connectivity index (χ1v) is 6.57. The smallest absolute Gasteiger partial charge is 0.00526 e. The molecule has 1 fully saturated rings. The van der Waals surface area contributed by atoms with Crippen LogP contribution in [0.15, 0.2) is 0 Å². The maximum absolute atomic E-state index is 6.01. The normalized spacial score (nSPS) is 21.2. The fourth-order valence-electron chi connectivity index (χ4n) is 2.82. The summed E-state index contributed by atoms with van der Waals surface area (Å²) in [6.07, 6.45) is 6.86. The standard InChI is InChI=1S/C13H28N2/c1-4-15(12(2)3)11-13(10-14)8-6-5-7-9-13/h12H,4-11,14H2,1-3H3. The van der Waals surface area contributed by atoms with E-state index < -0.39 is 0 Å². The number of nitrogens with zero attached hydrogens (tertiary/aromatic N) is 1.